The van der Waals surface area contributed by atoms with Gasteiger partial charge in [0.25, 0.3) is 5.89 Å². The molecule has 5 heteroatoms. The van der Waals surface area contributed by atoms with Crippen LogP contribution in [0.5, 0.6) is 0 Å². The molecule has 0 aliphatic heterocycles. The highest BCUT2D eigenvalue weighted by Gasteiger charge is 2.21. The van der Waals surface area contributed by atoms with Crippen molar-refractivity contribution in [3.8, 4) is 11.5 Å². The maximum absolute atomic E-state index is 5.69. The third-order valence-electron chi connectivity index (χ3n) is 3.42. The summed E-state index contributed by atoms with van der Waals surface area (Å²) >= 11 is 0. The molecule has 0 spiro atoms. The average molecular weight is 244 g/mol. The maximum atomic E-state index is 5.69. The van der Waals surface area contributed by atoms with E-state index in [2.05, 4.69) is 15.1 Å². The van der Waals surface area contributed by atoms with E-state index in [0.717, 1.165) is 24.2 Å². The Morgan fingerprint density at radius 1 is 1.17 bits per heavy atom. The lowest BCUT2D eigenvalue weighted by Crippen LogP contribution is -2.06. The summed E-state index contributed by atoms with van der Waals surface area (Å²) in [5, 5.41) is 4.09. The molecule has 1 aliphatic rings. The molecule has 1 fully saturated rings. The molecule has 0 amide bonds. The molecule has 1 aliphatic carbocycles. The van der Waals surface area contributed by atoms with E-state index in [9.17, 15) is 0 Å². The predicted molar refractivity (Wildman–Crippen MR) is 67.8 cm³/mol. The van der Waals surface area contributed by atoms with E-state index in [0.29, 0.717) is 17.5 Å². The van der Waals surface area contributed by atoms with Crippen LogP contribution in [0.15, 0.2) is 23.0 Å². The molecule has 0 bridgehead atoms. The van der Waals surface area contributed by atoms with Gasteiger partial charge in [-0.1, -0.05) is 24.4 Å². The van der Waals surface area contributed by atoms with Gasteiger partial charge in [-0.15, -0.1) is 0 Å². The van der Waals surface area contributed by atoms with Crippen molar-refractivity contribution < 1.29 is 4.52 Å². The first-order valence-corrected chi connectivity index (χ1v) is 6.37. The smallest absolute Gasteiger partial charge is 0.259 e. The third kappa shape index (κ3) is 2.20. The van der Waals surface area contributed by atoms with Gasteiger partial charge in [0.05, 0.1) is 11.3 Å². The molecular formula is C13H16N4O. The van der Waals surface area contributed by atoms with Crippen LogP contribution >= 0.6 is 0 Å². The van der Waals surface area contributed by atoms with Crippen molar-refractivity contribution >= 4 is 5.69 Å². The van der Waals surface area contributed by atoms with Crippen LogP contribution in [0.25, 0.3) is 11.5 Å². The van der Waals surface area contributed by atoms with Crippen LogP contribution in [-0.2, 0) is 0 Å². The number of aromatic nitrogens is 3. The van der Waals surface area contributed by atoms with Gasteiger partial charge in [0.2, 0.25) is 0 Å². The number of pyridine rings is 1. The minimum Gasteiger partial charge on any atom is -0.397 e. The van der Waals surface area contributed by atoms with Gasteiger partial charge < -0.3 is 10.3 Å². The minimum absolute atomic E-state index is 0.449. The molecule has 5 nitrogen and oxygen atoms in total. The Bertz CT molecular complexity index is 531. The molecule has 18 heavy (non-hydrogen) atoms. The quantitative estimate of drug-likeness (QED) is 0.878. The van der Waals surface area contributed by atoms with Crippen molar-refractivity contribution in [1.82, 2.24) is 15.1 Å². The van der Waals surface area contributed by atoms with E-state index in [1.807, 2.05) is 0 Å². The highest BCUT2D eigenvalue weighted by Crippen LogP contribution is 2.32. The van der Waals surface area contributed by atoms with E-state index in [1.165, 1.54) is 19.3 Å². The number of nitrogens with two attached hydrogens (primary N) is 1. The fourth-order valence-electron chi connectivity index (χ4n) is 2.45. The summed E-state index contributed by atoms with van der Waals surface area (Å²) in [5.41, 5.74) is 7.08. The summed E-state index contributed by atoms with van der Waals surface area (Å²) in [7, 11) is 0. The van der Waals surface area contributed by atoms with Crippen molar-refractivity contribution in [2.75, 3.05) is 5.73 Å². The molecule has 1 saturated carbocycles. The lowest BCUT2D eigenvalue weighted by molar-refractivity contribution is 0.385. The second kappa shape index (κ2) is 4.76. The van der Waals surface area contributed by atoms with Crippen molar-refractivity contribution in [1.29, 1.82) is 0 Å². The summed E-state index contributed by atoms with van der Waals surface area (Å²) in [5.74, 6) is 1.78. The lowest BCUT2D eigenvalue weighted by atomic mass is 9.89. The summed E-state index contributed by atoms with van der Waals surface area (Å²) in [6.07, 6.45) is 9.45. The number of anilines is 1. The van der Waals surface area contributed by atoms with E-state index in [4.69, 9.17) is 10.3 Å². The van der Waals surface area contributed by atoms with Crippen molar-refractivity contribution in [2.45, 2.75) is 38.0 Å². The summed E-state index contributed by atoms with van der Waals surface area (Å²) in [6, 6.07) is 1.80. The Hall–Kier alpha value is -1.91. The first-order valence-electron chi connectivity index (χ1n) is 6.37. The number of hydrogen-bond donors (Lipinski definition) is 1. The summed E-state index contributed by atoms with van der Waals surface area (Å²) in [4.78, 5) is 8.50. The third-order valence-corrected chi connectivity index (χ3v) is 3.42. The highest BCUT2D eigenvalue weighted by molar-refractivity contribution is 5.57. The first kappa shape index (κ1) is 11.2. The zero-order valence-electron chi connectivity index (χ0n) is 10.2. The number of nitrogen functional groups attached to an aromatic ring is 1. The summed E-state index contributed by atoms with van der Waals surface area (Å²) < 4.78 is 5.30. The van der Waals surface area contributed by atoms with Crippen LogP contribution in [0.4, 0.5) is 5.69 Å². The molecule has 0 saturated heterocycles. The Kier molecular flexibility index (Phi) is 2.96. The molecule has 0 unspecified atom stereocenters. The molecule has 0 atom stereocenters. The largest absolute Gasteiger partial charge is 0.397 e. The van der Waals surface area contributed by atoms with E-state index >= 15 is 0 Å². The standard InChI is InChI=1S/C13H16N4O/c14-11-6-10(7-15-8-11)13-16-12(17-18-13)9-4-2-1-3-5-9/h6-9H,1-5,14H2. The Morgan fingerprint density at radius 3 is 2.78 bits per heavy atom. The van der Waals surface area contributed by atoms with Crippen LogP contribution in [-0.4, -0.2) is 15.1 Å². The molecular weight excluding hydrogens is 228 g/mol. The van der Waals surface area contributed by atoms with E-state index in [-0.39, 0.29) is 0 Å². The Morgan fingerprint density at radius 2 is 2.00 bits per heavy atom. The van der Waals surface area contributed by atoms with Gasteiger partial charge in [0, 0.05) is 18.3 Å². The van der Waals surface area contributed by atoms with Crippen LogP contribution in [0.1, 0.15) is 43.8 Å². The topological polar surface area (TPSA) is 77.8 Å². The van der Waals surface area contributed by atoms with E-state index < -0.39 is 0 Å². The number of hydrogen-bond acceptors (Lipinski definition) is 5. The monoisotopic (exact) mass is 244 g/mol. The molecule has 2 N–H and O–H groups in total. The fraction of sp³-hybridized carbons (Fsp3) is 0.462. The van der Waals surface area contributed by atoms with Crippen molar-refractivity contribution in [3.05, 3.63) is 24.3 Å². The molecule has 94 valence electrons. The average Bonchev–Trinajstić information content (AvgIpc) is 2.89. The molecule has 2 aromatic heterocycles. The van der Waals surface area contributed by atoms with Gasteiger partial charge >= 0.3 is 0 Å². The maximum Gasteiger partial charge on any atom is 0.259 e. The molecule has 3 rings (SSSR count). The van der Waals surface area contributed by atoms with Gasteiger partial charge in [-0.3, -0.25) is 4.98 Å². The van der Waals surface area contributed by atoms with Crippen molar-refractivity contribution in [3.63, 3.8) is 0 Å². The van der Waals surface area contributed by atoms with Crippen molar-refractivity contribution in [2.24, 2.45) is 0 Å². The van der Waals surface area contributed by atoms with Gasteiger partial charge in [0.15, 0.2) is 5.82 Å². The van der Waals surface area contributed by atoms with Gasteiger partial charge in [-0.05, 0) is 18.9 Å². The summed E-state index contributed by atoms with van der Waals surface area (Å²) in [6.45, 7) is 0. The Balaban J connectivity index is 1.84. The van der Waals surface area contributed by atoms with Crippen LogP contribution in [0, 0.1) is 0 Å². The Labute approximate surface area is 105 Å². The zero-order valence-corrected chi connectivity index (χ0v) is 10.2. The fourth-order valence-corrected chi connectivity index (χ4v) is 2.45. The molecule has 0 aromatic carbocycles. The van der Waals surface area contributed by atoms with Gasteiger partial charge in [0.1, 0.15) is 0 Å². The number of rotatable bonds is 2. The predicted octanol–water partition coefficient (Wildman–Crippen LogP) is 2.76. The van der Waals surface area contributed by atoms with E-state index in [1.54, 1.807) is 18.5 Å². The highest BCUT2D eigenvalue weighted by atomic mass is 16.5. The van der Waals surface area contributed by atoms with Crippen LogP contribution in [0.2, 0.25) is 0 Å². The van der Waals surface area contributed by atoms with Crippen LogP contribution in [0.3, 0.4) is 0 Å². The number of nitrogens with zero attached hydrogens (tertiary/aromatic N) is 3. The van der Waals surface area contributed by atoms with Crippen LogP contribution < -0.4 is 5.73 Å². The zero-order chi connectivity index (χ0) is 12.4. The SMILES string of the molecule is Nc1cncc(-c2nc(C3CCCCC3)no2)c1. The van der Waals surface area contributed by atoms with Gasteiger partial charge in [-0.25, -0.2) is 0 Å². The lowest BCUT2D eigenvalue weighted by Gasteiger charge is -2.17. The second-order valence-electron chi connectivity index (χ2n) is 4.80. The molecule has 0 radical (unpaired) electrons. The van der Waals surface area contributed by atoms with Gasteiger partial charge in [-0.2, -0.15) is 4.98 Å². The minimum atomic E-state index is 0.449. The first-order chi connectivity index (χ1) is 8.83. The molecule has 2 heterocycles. The second-order valence-corrected chi connectivity index (χ2v) is 4.80. The molecule has 2 aromatic rings. The normalized spacial score (nSPS) is 16.9.